The van der Waals surface area contributed by atoms with Gasteiger partial charge in [0.05, 0.1) is 16.3 Å². The third kappa shape index (κ3) is 2.65. The quantitative estimate of drug-likeness (QED) is 0.883. The molecule has 0 unspecified atom stereocenters. The number of rotatable bonds is 2. The van der Waals surface area contributed by atoms with E-state index in [0.29, 0.717) is 0 Å². The van der Waals surface area contributed by atoms with Crippen LogP contribution in [0.4, 0.5) is 30.9 Å². The maximum Gasteiger partial charge on any atom is 0.416 e. The van der Waals surface area contributed by atoms with Gasteiger partial charge in [0.1, 0.15) is 0 Å². The Kier molecular flexibility index (Phi) is 3.04. The van der Waals surface area contributed by atoms with E-state index in [2.05, 4.69) is 15.5 Å². The molecule has 2 aromatic rings. The number of nitrogen functional groups attached to an aromatic ring is 1. The summed E-state index contributed by atoms with van der Waals surface area (Å²) in [6.45, 7) is 0. The Balaban J connectivity index is 2.25. The molecule has 1 aromatic carbocycles. The van der Waals surface area contributed by atoms with Gasteiger partial charge < -0.3 is 15.5 Å². The summed E-state index contributed by atoms with van der Waals surface area (Å²) < 4.78 is 42.0. The number of anilines is 3. The molecule has 0 radical (unpaired) electrons. The Morgan fingerprint density at radius 2 is 2.00 bits per heavy atom. The van der Waals surface area contributed by atoms with E-state index in [1.54, 1.807) is 0 Å². The van der Waals surface area contributed by atoms with E-state index in [1.165, 1.54) is 0 Å². The molecule has 1 heterocycles. The van der Waals surface area contributed by atoms with Crippen molar-refractivity contribution in [2.75, 3.05) is 11.1 Å². The summed E-state index contributed by atoms with van der Waals surface area (Å²) >= 11 is 5.71. The lowest BCUT2D eigenvalue weighted by molar-refractivity contribution is -0.137. The fraction of sp³-hybridized carbons (Fsp3) is 0.111. The molecule has 0 aliphatic heterocycles. The zero-order chi connectivity index (χ0) is 13.3. The van der Waals surface area contributed by atoms with Gasteiger partial charge in [0, 0.05) is 0 Å². The van der Waals surface area contributed by atoms with Gasteiger partial charge in [-0.1, -0.05) is 21.8 Å². The molecule has 0 aliphatic rings. The van der Waals surface area contributed by atoms with Crippen molar-refractivity contribution in [3.63, 3.8) is 0 Å². The largest absolute Gasteiger partial charge is 0.416 e. The SMILES string of the molecule is Nc1nnc(Nc2ccc(C(F)(F)F)cc2Cl)o1. The molecule has 0 spiro atoms. The van der Waals surface area contributed by atoms with Gasteiger partial charge in [-0.3, -0.25) is 0 Å². The number of hydrogen-bond acceptors (Lipinski definition) is 5. The number of nitrogens with one attached hydrogen (secondary N) is 1. The molecule has 0 atom stereocenters. The monoisotopic (exact) mass is 278 g/mol. The van der Waals surface area contributed by atoms with Gasteiger partial charge in [0.2, 0.25) is 0 Å². The van der Waals surface area contributed by atoms with Gasteiger partial charge >= 0.3 is 18.2 Å². The maximum atomic E-state index is 12.4. The first-order valence-electron chi connectivity index (χ1n) is 4.59. The molecule has 18 heavy (non-hydrogen) atoms. The number of nitrogens with zero attached hydrogens (tertiary/aromatic N) is 2. The van der Waals surface area contributed by atoms with E-state index in [0.717, 1.165) is 18.2 Å². The Hall–Kier alpha value is -1.96. The second-order valence-electron chi connectivity index (χ2n) is 3.26. The molecular formula is C9H6ClF3N4O. The summed E-state index contributed by atoms with van der Waals surface area (Å²) in [5.41, 5.74) is 4.55. The van der Waals surface area contributed by atoms with Crippen LogP contribution in [0.3, 0.4) is 0 Å². The predicted octanol–water partition coefficient (Wildman–Crippen LogP) is 3.07. The Morgan fingerprint density at radius 1 is 1.28 bits per heavy atom. The molecule has 0 saturated heterocycles. The lowest BCUT2D eigenvalue weighted by atomic mass is 10.2. The first-order chi connectivity index (χ1) is 8.36. The second-order valence-corrected chi connectivity index (χ2v) is 3.67. The average molecular weight is 279 g/mol. The van der Waals surface area contributed by atoms with Gasteiger partial charge in [-0.2, -0.15) is 13.2 Å². The zero-order valence-electron chi connectivity index (χ0n) is 8.62. The van der Waals surface area contributed by atoms with Gasteiger partial charge in [-0.05, 0) is 18.2 Å². The van der Waals surface area contributed by atoms with Crippen LogP contribution in [0, 0.1) is 0 Å². The number of aromatic nitrogens is 2. The average Bonchev–Trinajstić information content (AvgIpc) is 2.65. The molecule has 96 valence electrons. The lowest BCUT2D eigenvalue weighted by Gasteiger charge is -2.09. The molecule has 0 aliphatic carbocycles. The number of alkyl halides is 3. The fourth-order valence-electron chi connectivity index (χ4n) is 1.19. The van der Waals surface area contributed by atoms with E-state index in [9.17, 15) is 13.2 Å². The summed E-state index contributed by atoms with van der Waals surface area (Å²) in [6, 6.07) is 2.61. The highest BCUT2D eigenvalue weighted by molar-refractivity contribution is 6.33. The van der Waals surface area contributed by atoms with Crippen LogP contribution in [0.15, 0.2) is 22.6 Å². The van der Waals surface area contributed by atoms with Crippen LogP contribution in [-0.2, 0) is 6.18 Å². The van der Waals surface area contributed by atoms with Crippen molar-refractivity contribution in [3.05, 3.63) is 28.8 Å². The molecule has 1 aromatic heterocycles. The topological polar surface area (TPSA) is 77.0 Å². The molecule has 0 bridgehead atoms. The summed E-state index contributed by atoms with van der Waals surface area (Å²) in [5, 5.41) is 9.29. The van der Waals surface area contributed by atoms with Gasteiger partial charge in [0.25, 0.3) is 0 Å². The number of halogens is 4. The van der Waals surface area contributed by atoms with Crippen molar-refractivity contribution in [1.29, 1.82) is 0 Å². The number of benzene rings is 1. The lowest BCUT2D eigenvalue weighted by Crippen LogP contribution is -2.05. The predicted molar refractivity (Wildman–Crippen MR) is 58.4 cm³/mol. The molecule has 2 rings (SSSR count). The van der Waals surface area contributed by atoms with Crippen LogP contribution < -0.4 is 11.1 Å². The minimum Gasteiger partial charge on any atom is -0.389 e. The Labute approximate surface area is 104 Å². The minimum atomic E-state index is -4.45. The van der Waals surface area contributed by atoms with E-state index >= 15 is 0 Å². The molecule has 9 heteroatoms. The highest BCUT2D eigenvalue weighted by Gasteiger charge is 2.30. The van der Waals surface area contributed by atoms with Crippen LogP contribution in [0.2, 0.25) is 5.02 Å². The molecule has 3 N–H and O–H groups in total. The molecular weight excluding hydrogens is 273 g/mol. The van der Waals surface area contributed by atoms with Crippen LogP contribution in [-0.4, -0.2) is 10.2 Å². The van der Waals surface area contributed by atoms with E-state index in [-0.39, 0.29) is 22.7 Å². The van der Waals surface area contributed by atoms with Crippen molar-refractivity contribution in [2.24, 2.45) is 0 Å². The van der Waals surface area contributed by atoms with E-state index < -0.39 is 11.7 Å². The second kappa shape index (κ2) is 4.37. The van der Waals surface area contributed by atoms with E-state index in [4.69, 9.17) is 21.8 Å². The fourth-order valence-corrected chi connectivity index (χ4v) is 1.42. The summed E-state index contributed by atoms with van der Waals surface area (Å²) in [5.74, 6) is 0. The smallest absolute Gasteiger partial charge is 0.389 e. The first-order valence-corrected chi connectivity index (χ1v) is 4.97. The van der Waals surface area contributed by atoms with E-state index in [1.807, 2.05) is 0 Å². The molecule has 5 nitrogen and oxygen atoms in total. The van der Waals surface area contributed by atoms with Crippen molar-refractivity contribution < 1.29 is 17.6 Å². The van der Waals surface area contributed by atoms with Gasteiger partial charge in [-0.25, -0.2) is 0 Å². The van der Waals surface area contributed by atoms with Crippen LogP contribution in [0.5, 0.6) is 0 Å². The van der Waals surface area contributed by atoms with Crippen molar-refractivity contribution >= 4 is 29.3 Å². The maximum absolute atomic E-state index is 12.4. The third-order valence-corrected chi connectivity index (χ3v) is 2.29. The molecule has 0 saturated carbocycles. The number of nitrogens with two attached hydrogens (primary N) is 1. The minimum absolute atomic E-state index is 0.0610. The van der Waals surface area contributed by atoms with Crippen LogP contribution >= 0.6 is 11.6 Å². The Morgan fingerprint density at radius 3 is 2.50 bits per heavy atom. The van der Waals surface area contributed by atoms with Crippen LogP contribution in [0.1, 0.15) is 5.56 Å². The summed E-state index contributed by atoms with van der Waals surface area (Å²) in [7, 11) is 0. The molecule has 0 amide bonds. The van der Waals surface area contributed by atoms with Crippen molar-refractivity contribution in [3.8, 4) is 0 Å². The number of hydrogen-bond donors (Lipinski definition) is 2. The first kappa shape index (κ1) is 12.5. The standard InChI is InChI=1S/C9H6ClF3N4O/c10-5-3-4(9(11,12)13)1-2-6(5)15-8-17-16-7(14)18-8/h1-3H,(H2,14,16)(H,15,17). The van der Waals surface area contributed by atoms with Crippen LogP contribution in [0.25, 0.3) is 0 Å². The summed E-state index contributed by atoms with van der Waals surface area (Å²) in [6.07, 6.45) is -4.45. The zero-order valence-corrected chi connectivity index (χ0v) is 9.38. The normalized spacial score (nSPS) is 11.6. The van der Waals surface area contributed by atoms with Crippen molar-refractivity contribution in [1.82, 2.24) is 10.2 Å². The third-order valence-electron chi connectivity index (χ3n) is 1.98. The van der Waals surface area contributed by atoms with Crippen molar-refractivity contribution in [2.45, 2.75) is 6.18 Å². The van der Waals surface area contributed by atoms with Gasteiger partial charge in [-0.15, -0.1) is 0 Å². The molecule has 0 fully saturated rings. The summed E-state index contributed by atoms with van der Waals surface area (Å²) in [4.78, 5) is 0. The highest BCUT2D eigenvalue weighted by atomic mass is 35.5. The van der Waals surface area contributed by atoms with Gasteiger partial charge in [0.15, 0.2) is 0 Å². The Bertz CT molecular complexity index is 569. The highest BCUT2D eigenvalue weighted by Crippen LogP contribution is 2.34.